The van der Waals surface area contributed by atoms with E-state index in [1.165, 1.54) is 12.1 Å². The van der Waals surface area contributed by atoms with Crippen LogP contribution < -0.4 is 11.3 Å². The molecule has 0 amide bonds. The van der Waals surface area contributed by atoms with Gasteiger partial charge in [-0.15, -0.1) is 0 Å². The molecule has 0 unspecified atom stereocenters. The summed E-state index contributed by atoms with van der Waals surface area (Å²) < 4.78 is 10.4. The Hall–Kier alpha value is -3.54. The molecule has 0 atom stereocenters. The summed E-state index contributed by atoms with van der Waals surface area (Å²) in [5.41, 5.74) is -0.786. The molecule has 2 aromatic carbocycles. The number of phenolic OH excluding ortho intramolecular Hbond substituents is 1. The van der Waals surface area contributed by atoms with Crippen LogP contribution in [0.3, 0.4) is 0 Å². The van der Waals surface area contributed by atoms with Gasteiger partial charge in [0.1, 0.15) is 22.7 Å². The highest BCUT2D eigenvalue weighted by Crippen LogP contribution is 2.28. The van der Waals surface area contributed by atoms with Crippen LogP contribution >= 0.6 is 0 Å². The lowest BCUT2D eigenvalue weighted by Crippen LogP contribution is -2.14. The van der Waals surface area contributed by atoms with Crippen LogP contribution in [0.25, 0.3) is 21.9 Å². The van der Waals surface area contributed by atoms with Crippen molar-refractivity contribution in [1.82, 2.24) is 0 Å². The van der Waals surface area contributed by atoms with E-state index in [1.54, 1.807) is 36.4 Å². The van der Waals surface area contributed by atoms with Crippen molar-refractivity contribution < 1.29 is 19.0 Å². The lowest BCUT2D eigenvalue weighted by Gasteiger charge is -2.07. The molecule has 0 spiro atoms. The van der Waals surface area contributed by atoms with Gasteiger partial charge < -0.3 is 19.0 Å². The van der Waals surface area contributed by atoms with Crippen molar-refractivity contribution in [3.05, 3.63) is 80.5 Å². The zero-order chi connectivity index (χ0) is 17.6. The Morgan fingerprint density at radius 1 is 0.800 bits per heavy atom. The Kier molecular flexibility index (Phi) is 3.32. The standard InChI is InChI=1S/C19H12O6/c20-14-5-3-7-16-12(14)8-10(18(22)24-16)9-13-17(21)11-4-1-2-6-15(11)25-19(13)23/h1-8,20-21H,9H2. The summed E-state index contributed by atoms with van der Waals surface area (Å²) in [6.45, 7) is 0. The van der Waals surface area contributed by atoms with Crippen molar-refractivity contribution in [2.75, 3.05) is 0 Å². The minimum atomic E-state index is -0.729. The summed E-state index contributed by atoms with van der Waals surface area (Å²) >= 11 is 0. The molecule has 124 valence electrons. The predicted octanol–water partition coefficient (Wildman–Crippen LogP) is 2.90. The van der Waals surface area contributed by atoms with Gasteiger partial charge in [-0.1, -0.05) is 18.2 Å². The number of fused-ring (bicyclic) bond motifs is 2. The number of hydrogen-bond donors (Lipinski definition) is 2. The maximum atomic E-state index is 12.2. The number of para-hydroxylation sites is 1. The van der Waals surface area contributed by atoms with Crippen molar-refractivity contribution in [3.8, 4) is 11.5 Å². The van der Waals surface area contributed by atoms with Crippen LogP contribution in [0, 0.1) is 0 Å². The Morgan fingerprint density at radius 3 is 2.32 bits per heavy atom. The SMILES string of the molecule is O=c1oc2cccc(O)c2cc1Cc1c(O)c2ccccc2oc1=O. The van der Waals surface area contributed by atoms with Crippen molar-refractivity contribution in [3.63, 3.8) is 0 Å². The van der Waals surface area contributed by atoms with E-state index >= 15 is 0 Å². The van der Waals surface area contributed by atoms with Crippen LogP contribution in [0.5, 0.6) is 11.5 Å². The van der Waals surface area contributed by atoms with Crippen molar-refractivity contribution >= 4 is 21.9 Å². The number of benzene rings is 2. The molecular formula is C19H12O6. The van der Waals surface area contributed by atoms with E-state index in [-0.39, 0.29) is 40.2 Å². The van der Waals surface area contributed by atoms with Gasteiger partial charge in [0, 0.05) is 12.0 Å². The number of rotatable bonds is 2. The van der Waals surface area contributed by atoms with Gasteiger partial charge in [-0.2, -0.15) is 0 Å². The van der Waals surface area contributed by atoms with Crippen molar-refractivity contribution in [1.29, 1.82) is 0 Å². The first-order chi connectivity index (χ1) is 12.0. The third-order valence-corrected chi connectivity index (χ3v) is 4.07. The van der Waals surface area contributed by atoms with Gasteiger partial charge >= 0.3 is 11.3 Å². The van der Waals surface area contributed by atoms with Gasteiger partial charge in [0.2, 0.25) is 0 Å². The molecule has 4 aromatic rings. The van der Waals surface area contributed by atoms with Crippen LogP contribution in [0.15, 0.2) is 67.0 Å². The lowest BCUT2D eigenvalue weighted by molar-refractivity contribution is 0.458. The second-order valence-corrected chi connectivity index (χ2v) is 5.64. The molecule has 0 saturated carbocycles. The first kappa shape index (κ1) is 15.0. The molecule has 2 heterocycles. The van der Waals surface area contributed by atoms with E-state index in [1.807, 2.05) is 0 Å². The van der Waals surface area contributed by atoms with Gasteiger partial charge in [0.25, 0.3) is 0 Å². The second-order valence-electron chi connectivity index (χ2n) is 5.64. The number of hydrogen-bond acceptors (Lipinski definition) is 6. The maximum Gasteiger partial charge on any atom is 0.343 e. The Labute approximate surface area is 140 Å². The summed E-state index contributed by atoms with van der Waals surface area (Å²) in [6.07, 6.45) is -0.175. The lowest BCUT2D eigenvalue weighted by atomic mass is 10.0. The smallest absolute Gasteiger partial charge is 0.343 e. The van der Waals surface area contributed by atoms with E-state index in [0.717, 1.165) is 0 Å². The first-order valence-corrected chi connectivity index (χ1v) is 7.53. The number of aromatic hydroxyl groups is 2. The van der Waals surface area contributed by atoms with Gasteiger partial charge in [0.05, 0.1) is 16.3 Å². The van der Waals surface area contributed by atoms with E-state index in [2.05, 4.69) is 0 Å². The van der Waals surface area contributed by atoms with Crippen LogP contribution in [0.4, 0.5) is 0 Å². The molecule has 2 N–H and O–H groups in total. The molecule has 4 rings (SSSR count). The zero-order valence-electron chi connectivity index (χ0n) is 12.9. The normalized spacial score (nSPS) is 11.2. The fourth-order valence-corrected chi connectivity index (χ4v) is 2.81. The average Bonchev–Trinajstić information content (AvgIpc) is 2.59. The first-order valence-electron chi connectivity index (χ1n) is 7.53. The Bertz CT molecular complexity index is 1230. The highest BCUT2D eigenvalue weighted by Gasteiger charge is 2.17. The minimum absolute atomic E-state index is 0.0410. The molecule has 25 heavy (non-hydrogen) atoms. The molecule has 0 aliphatic heterocycles. The fraction of sp³-hybridized carbons (Fsp3) is 0.0526. The highest BCUT2D eigenvalue weighted by atomic mass is 16.4. The van der Waals surface area contributed by atoms with Gasteiger partial charge in [-0.3, -0.25) is 0 Å². The summed E-state index contributed by atoms with van der Waals surface area (Å²) in [6, 6.07) is 12.6. The van der Waals surface area contributed by atoms with Gasteiger partial charge in [0.15, 0.2) is 0 Å². The summed E-state index contributed by atoms with van der Waals surface area (Å²) in [5.74, 6) is -0.277. The monoisotopic (exact) mass is 336 g/mol. The molecule has 6 nitrogen and oxygen atoms in total. The second kappa shape index (κ2) is 5.52. The average molecular weight is 336 g/mol. The van der Waals surface area contributed by atoms with Crippen LogP contribution in [-0.2, 0) is 6.42 Å². The highest BCUT2D eigenvalue weighted by molar-refractivity contribution is 5.85. The zero-order valence-corrected chi connectivity index (χ0v) is 12.9. The minimum Gasteiger partial charge on any atom is -0.507 e. The largest absolute Gasteiger partial charge is 0.507 e. The molecule has 2 aromatic heterocycles. The Morgan fingerprint density at radius 2 is 1.48 bits per heavy atom. The third kappa shape index (κ3) is 2.44. The molecule has 0 aliphatic rings. The summed E-state index contributed by atoms with van der Waals surface area (Å²) in [5, 5.41) is 21.0. The summed E-state index contributed by atoms with van der Waals surface area (Å²) in [7, 11) is 0. The molecule has 0 fully saturated rings. The van der Waals surface area contributed by atoms with Crippen LogP contribution in [0.1, 0.15) is 11.1 Å². The van der Waals surface area contributed by atoms with Gasteiger partial charge in [-0.05, 0) is 30.3 Å². The molecular weight excluding hydrogens is 324 g/mol. The fourth-order valence-electron chi connectivity index (χ4n) is 2.81. The molecule has 0 aliphatic carbocycles. The van der Waals surface area contributed by atoms with Crippen LogP contribution in [0.2, 0.25) is 0 Å². The molecule has 6 heteroatoms. The quantitative estimate of drug-likeness (QED) is 0.546. The predicted molar refractivity (Wildman–Crippen MR) is 91.1 cm³/mol. The van der Waals surface area contributed by atoms with E-state index < -0.39 is 11.3 Å². The van der Waals surface area contributed by atoms with E-state index in [4.69, 9.17) is 8.83 Å². The van der Waals surface area contributed by atoms with Crippen LogP contribution in [-0.4, -0.2) is 10.2 Å². The molecule has 0 saturated heterocycles. The van der Waals surface area contributed by atoms with Gasteiger partial charge in [-0.25, -0.2) is 9.59 Å². The van der Waals surface area contributed by atoms with Crippen molar-refractivity contribution in [2.24, 2.45) is 0 Å². The third-order valence-electron chi connectivity index (χ3n) is 4.07. The maximum absolute atomic E-state index is 12.2. The molecule has 0 bridgehead atoms. The topological polar surface area (TPSA) is 101 Å². The number of phenols is 1. The van der Waals surface area contributed by atoms with Crippen molar-refractivity contribution in [2.45, 2.75) is 6.42 Å². The van der Waals surface area contributed by atoms with E-state index in [9.17, 15) is 19.8 Å². The Balaban J connectivity index is 1.91. The van der Waals surface area contributed by atoms with E-state index in [0.29, 0.717) is 10.8 Å². The summed E-state index contributed by atoms with van der Waals surface area (Å²) in [4.78, 5) is 24.4. The molecule has 0 radical (unpaired) electrons.